The molecule has 0 aromatic heterocycles. The highest BCUT2D eigenvalue weighted by molar-refractivity contribution is 5.75. The molecule has 0 aromatic rings. The van der Waals surface area contributed by atoms with Crippen molar-refractivity contribution in [3.8, 4) is 0 Å². The van der Waals surface area contributed by atoms with Crippen molar-refractivity contribution in [2.24, 2.45) is 5.92 Å². The Kier molecular flexibility index (Phi) is 4.16. The Balaban J connectivity index is 2.29. The number of likely N-dealkylation sites (tertiary alicyclic amines) is 1. The van der Waals surface area contributed by atoms with E-state index in [1.165, 1.54) is 0 Å². The highest BCUT2D eigenvalue weighted by atomic mass is 16.5. The number of hydrogen-bond donors (Lipinski definition) is 1. The van der Waals surface area contributed by atoms with Crippen LogP contribution in [0.25, 0.3) is 0 Å². The van der Waals surface area contributed by atoms with E-state index in [0.717, 1.165) is 32.3 Å². The topological polar surface area (TPSA) is 53.4 Å². The van der Waals surface area contributed by atoms with Crippen LogP contribution in [0.4, 0.5) is 0 Å². The molecule has 0 unspecified atom stereocenters. The van der Waals surface area contributed by atoms with E-state index in [4.69, 9.17) is 10.1 Å². The summed E-state index contributed by atoms with van der Waals surface area (Å²) in [6.45, 7) is 5.38. The van der Waals surface area contributed by atoms with Gasteiger partial charge in [0.05, 0.1) is 0 Å². The van der Waals surface area contributed by atoms with Crippen LogP contribution in [-0.4, -0.2) is 36.9 Å². The molecule has 0 bridgehead atoms. The molecule has 1 aliphatic rings. The Morgan fingerprint density at radius 1 is 1.57 bits per heavy atom. The molecule has 4 heteroatoms. The van der Waals surface area contributed by atoms with Gasteiger partial charge in [-0.15, -0.1) is 0 Å². The molecule has 0 atom stereocenters. The van der Waals surface area contributed by atoms with E-state index < -0.39 is 0 Å². The molecule has 0 spiro atoms. The van der Waals surface area contributed by atoms with E-state index in [9.17, 15) is 4.79 Å². The van der Waals surface area contributed by atoms with Gasteiger partial charge in [-0.2, -0.15) is 0 Å². The lowest BCUT2D eigenvalue weighted by atomic mass is 9.97. The molecule has 1 rings (SSSR count). The lowest BCUT2D eigenvalue weighted by Crippen LogP contribution is -2.35. The lowest BCUT2D eigenvalue weighted by molar-refractivity contribution is -0.119. The second-order valence-electron chi connectivity index (χ2n) is 3.38. The minimum Gasteiger partial charge on any atom is -0.477 e. The largest absolute Gasteiger partial charge is 0.477 e. The van der Waals surface area contributed by atoms with Crippen molar-refractivity contribution in [2.75, 3.05) is 19.7 Å². The Bertz CT molecular complexity index is 220. The number of piperidine rings is 1. The average Bonchev–Trinajstić information content (AvgIpc) is 2.26. The molecule has 1 aliphatic heterocycles. The maximum absolute atomic E-state index is 10.4. The van der Waals surface area contributed by atoms with E-state index in [-0.39, 0.29) is 5.92 Å². The number of carbonyl (C=O) groups excluding carboxylic acids is 1. The summed E-state index contributed by atoms with van der Waals surface area (Å²) in [6, 6.07) is 0. The van der Waals surface area contributed by atoms with E-state index in [0.29, 0.717) is 12.5 Å². The minimum absolute atomic E-state index is 0.172. The first-order chi connectivity index (χ1) is 6.77. The molecule has 1 amide bonds. The summed E-state index contributed by atoms with van der Waals surface area (Å²) in [6.07, 6.45) is 4.16. The summed E-state index contributed by atoms with van der Waals surface area (Å²) >= 11 is 0. The van der Waals surface area contributed by atoms with Crippen LogP contribution in [0.2, 0.25) is 0 Å². The van der Waals surface area contributed by atoms with Gasteiger partial charge in [0.15, 0.2) is 5.90 Å². The zero-order valence-electron chi connectivity index (χ0n) is 8.24. The first-order valence-corrected chi connectivity index (χ1v) is 4.79. The predicted octanol–water partition coefficient (Wildman–Crippen LogP) is 1.03. The van der Waals surface area contributed by atoms with E-state index >= 15 is 0 Å². The van der Waals surface area contributed by atoms with Gasteiger partial charge in [0.25, 0.3) is 0 Å². The summed E-state index contributed by atoms with van der Waals surface area (Å²) in [4.78, 5) is 12.2. The molecular weight excluding hydrogens is 180 g/mol. The van der Waals surface area contributed by atoms with Crippen LogP contribution < -0.4 is 0 Å². The number of amides is 1. The molecule has 0 saturated carbocycles. The van der Waals surface area contributed by atoms with Crippen LogP contribution in [0.5, 0.6) is 0 Å². The third-order valence-electron chi connectivity index (χ3n) is 2.41. The summed E-state index contributed by atoms with van der Waals surface area (Å²) in [5.74, 6) is 0.501. The average molecular weight is 196 g/mol. The lowest BCUT2D eigenvalue weighted by Gasteiger charge is -2.28. The fourth-order valence-electron chi connectivity index (χ4n) is 1.53. The fourth-order valence-corrected chi connectivity index (χ4v) is 1.53. The number of rotatable bonds is 4. The maximum atomic E-state index is 10.4. The van der Waals surface area contributed by atoms with Gasteiger partial charge in [-0.3, -0.25) is 10.2 Å². The molecule has 78 valence electrons. The molecule has 4 nitrogen and oxygen atoms in total. The van der Waals surface area contributed by atoms with Gasteiger partial charge in [0.1, 0.15) is 6.61 Å². The molecule has 1 N–H and O–H groups in total. The summed E-state index contributed by atoms with van der Waals surface area (Å²) < 4.78 is 5.16. The Morgan fingerprint density at radius 2 is 2.21 bits per heavy atom. The van der Waals surface area contributed by atoms with Gasteiger partial charge >= 0.3 is 0 Å². The monoisotopic (exact) mass is 196 g/mol. The highest BCUT2D eigenvalue weighted by Gasteiger charge is 2.22. The van der Waals surface area contributed by atoms with Gasteiger partial charge in [0, 0.05) is 19.0 Å². The van der Waals surface area contributed by atoms with Crippen LogP contribution in [0.1, 0.15) is 12.8 Å². The molecule has 0 aliphatic carbocycles. The number of ether oxygens (including phenoxy) is 1. The van der Waals surface area contributed by atoms with Crippen LogP contribution >= 0.6 is 0 Å². The van der Waals surface area contributed by atoms with Crippen molar-refractivity contribution in [1.29, 1.82) is 5.41 Å². The molecule has 1 saturated heterocycles. The van der Waals surface area contributed by atoms with Gasteiger partial charge in [0.2, 0.25) is 6.41 Å². The molecule has 1 fully saturated rings. The van der Waals surface area contributed by atoms with Gasteiger partial charge < -0.3 is 9.64 Å². The van der Waals surface area contributed by atoms with Crippen molar-refractivity contribution in [3.63, 3.8) is 0 Å². The Morgan fingerprint density at radius 3 is 2.71 bits per heavy atom. The molecule has 14 heavy (non-hydrogen) atoms. The minimum atomic E-state index is 0.172. The zero-order valence-corrected chi connectivity index (χ0v) is 8.24. The van der Waals surface area contributed by atoms with Crippen molar-refractivity contribution >= 4 is 12.3 Å². The number of nitrogens with zero attached hydrogens (tertiary/aromatic N) is 1. The highest BCUT2D eigenvalue weighted by Crippen LogP contribution is 2.17. The molecule has 0 aromatic carbocycles. The SMILES string of the molecule is C=CCOC(=N)C1CCN(C=O)CC1. The van der Waals surface area contributed by atoms with Gasteiger partial charge in [-0.25, -0.2) is 0 Å². The van der Waals surface area contributed by atoms with Crippen molar-refractivity contribution in [2.45, 2.75) is 12.8 Å². The maximum Gasteiger partial charge on any atom is 0.209 e. The third kappa shape index (κ3) is 2.87. The first kappa shape index (κ1) is 10.8. The van der Waals surface area contributed by atoms with Crippen LogP contribution in [0.3, 0.4) is 0 Å². The summed E-state index contributed by atoms with van der Waals surface area (Å²) in [5.41, 5.74) is 0. The van der Waals surface area contributed by atoms with Crippen molar-refractivity contribution in [1.82, 2.24) is 4.90 Å². The quantitative estimate of drug-likeness (QED) is 0.316. The van der Waals surface area contributed by atoms with Crippen LogP contribution in [0.15, 0.2) is 12.7 Å². The molecular formula is C10H16N2O2. The van der Waals surface area contributed by atoms with Crippen LogP contribution in [-0.2, 0) is 9.53 Å². The van der Waals surface area contributed by atoms with Gasteiger partial charge in [-0.05, 0) is 12.8 Å². The summed E-state index contributed by atoms with van der Waals surface area (Å²) in [7, 11) is 0. The number of carbonyl (C=O) groups is 1. The number of nitrogens with one attached hydrogen (secondary N) is 1. The van der Waals surface area contributed by atoms with E-state index in [2.05, 4.69) is 6.58 Å². The van der Waals surface area contributed by atoms with E-state index in [1.54, 1.807) is 11.0 Å². The van der Waals surface area contributed by atoms with E-state index in [1.807, 2.05) is 0 Å². The van der Waals surface area contributed by atoms with Gasteiger partial charge in [-0.1, -0.05) is 12.7 Å². The molecule has 1 heterocycles. The number of hydrogen-bond acceptors (Lipinski definition) is 3. The third-order valence-corrected chi connectivity index (χ3v) is 2.41. The second-order valence-corrected chi connectivity index (χ2v) is 3.38. The second kappa shape index (κ2) is 5.42. The van der Waals surface area contributed by atoms with Crippen molar-refractivity contribution < 1.29 is 9.53 Å². The first-order valence-electron chi connectivity index (χ1n) is 4.79. The van der Waals surface area contributed by atoms with Crippen molar-refractivity contribution in [3.05, 3.63) is 12.7 Å². The predicted molar refractivity (Wildman–Crippen MR) is 54.2 cm³/mol. The Hall–Kier alpha value is -1.32. The summed E-state index contributed by atoms with van der Waals surface area (Å²) in [5, 5.41) is 7.63. The Labute approximate surface area is 84.0 Å². The van der Waals surface area contributed by atoms with Crippen LogP contribution in [0, 0.1) is 11.3 Å². The normalized spacial score (nSPS) is 17.6. The fraction of sp³-hybridized carbons (Fsp3) is 0.600. The molecule has 0 radical (unpaired) electrons. The standard InChI is InChI=1S/C10H16N2O2/c1-2-7-14-10(11)9-3-5-12(8-13)6-4-9/h2,8-9,11H,1,3-7H2. The zero-order chi connectivity index (χ0) is 10.4. The smallest absolute Gasteiger partial charge is 0.209 e.